The molecule has 0 saturated heterocycles. The zero-order valence-electron chi connectivity index (χ0n) is 13.9. The zero-order chi connectivity index (χ0) is 18.9. The monoisotopic (exact) mass is 417 g/mol. The topological polar surface area (TPSA) is 93.8 Å². The SMILES string of the molecule is Cc1ccc(OCC(=O)N/N=C/C(Br)=C/c2ccccc2)c([N+](=O)[O-])c1. The number of ether oxygens (including phenoxy) is 1. The molecular formula is C18H16BrN3O4. The molecule has 0 aromatic heterocycles. The van der Waals surface area contributed by atoms with Crippen LogP contribution >= 0.6 is 15.9 Å². The van der Waals surface area contributed by atoms with Crippen LogP contribution in [0.1, 0.15) is 11.1 Å². The molecule has 0 aliphatic rings. The van der Waals surface area contributed by atoms with Gasteiger partial charge in [0.15, 0.2) is 12.4 Å². The Bertz CT molecular complexity index is 851. The van der Waals surface area contributed by atoms with Crippen LogP contribution in [0.4, 0.5) is 5.69 Å². The quantitative estimate of drug-likeness (QED) is 0.420. The average Bonchev–Trinajstić information content (AvgIpc) is 2.61. The minimum Gasteiger partial charge on any atom is -0.477 e. The first-order valence-electron chi connectivity index (χ1n) is 7.57. The van der Waals surface area contributed by atoms with Gasteiger partial charge in [-0.25, -0.2) is 5.43 Å². The van der Waals surface area contributed by atoms with Gasteiger partial charge in [0.25, 0.3) is 5.91 Å². The molecule has 0 spiro atoms. The molecule has 0 bridgehead atoms. The maximum atomic E-state index is 11.7. The predicted octanol–water partition coefficient (Wildman–Crippen LogP) is 3.82. The van der Waals surface area contributed by atoms with Crippen molar-refractivity contribution in [2.75, 3.05) is 6.61 Å². The molecule has 7 nitrogen and oxygen atoms in total. The molecule has 26 heavy (non-hydrogen) atoms. The number of carbonyl (C=O) groups is 1. The fourth-order valence-corrected chi connectivity index (χ4v) is 2.35. The average molecular weight is 418 g/mol. The van der Waals surface area contributed by atoms with Crippen LogP contribution in [0, 0.1) is 17.0 Å². The molecule has 1 N–H and O–H groups in total. The second-order valence-electron chi connectivity index (χ2n) is 5.25. The van der Waals surface area contributed by atoms with E-state index in [1.807, 2.05) is 36.4 Å². The molecule has 2 aromatic carbocycles. The van der Waals surface area contributed by atoms with Crippen LogP contribution in [0.3, 0.4) is 0 Å². The van der Waals surface area contributed by atoms with Crippen molar-refractivity contribution in [2.24, 2.45) is 5.10 Å². The van der Waals surface area contributed by atoms with E-state index in [-0.39, 0.29) is 18.0 Å². The zero-order valence-corrected chi connectivity index (χ0v) is 15.5. The highest BCUT2D eigenvalue weighted by Gasteiger charge is 2.16. The summed E-state index contributed by atoms with van der Waals surface area (Å²) in [6.45, 7) is 1.35. The van der Waals surface area contributed by atoms with Crippen molar-refractivity contribution < 1.29 is 14.5 Å². The molecule has 0 fully saturated rings. The molecule has 2 aromatic rings. The molecule has 0 aliphatic heterocycles. The number of rotatable bonds is 7. The van der Waals surface area contributed by atoms with E-state index in [1.54, 1.807) is 13.0 Å². The number of allylic oxidation sites excluding steroid dienone is 1. The van der Waals surface area contributed by atoms with E-state index in [9.17, 15) is 14.9 Å². The summed E-state index contributed by atoms with van der Waals surface area (Å²) in [7, 11) is 0. The second kappa shape index (κ2) is 9.47. The van der Waals surface area contributed by atoms with Gasteiger partial charge in [-0.05, 0) is 46.1 Å². The molecular weight excluding hydrogens is 402 g/mol. The lowest BCUT2D eigenvalue weighted by Crippen LogP contribution is -2.24. The van der Waals surface area contributed by atoms with Crippen LogP contribution in [0.2, 0.25) is 0 Å². The predicted molar refractivity (Wildman–Crippen MR) is 103 cm³/mol. The number of aryl methyl sites for hydroxylation is 1. The van der Waals surface area contributed by atoms with Crippen molar-refractivity contribution in [2.45, 2.75) is 6.92 Å². The third kappa shape index (κ3) is 6.14. The Labute approximate surface area is 158 Å². The number of amides is 1. The summed E-state index contributed by atoms with van der Waals surface area (Å²) in [6.07, 6.45) is 3.26. The number of nitro benzene ring substituents is 1. The van der Waals surface area contributed by atoms with E-state index < -0.39 is 10.8 Å². The number of benzene rings is 2. The summed E-state index contributed by atoms with van der Waals surface area (Å²) in [6, 6.07) is 14.1. The number of hydrogen-bond acceptors (Lipinski definition) is 5. The second-order valence-corrected chi connectivity index (χ2v) is 6.17. The van der Waals surface area contributed by atoms with Gasteiger partial charge in [0, 0.05) is 10.5 Å². The van der Waals surface area contributed by atoms with Crippen molar-refractivity contribution in [3.63, 3.8) is 0 Å². The third-order valence-corrected chi connectivity index (χ3v) is 3.58. The van der Waals surface area contributed by atoms with Crippen molar-refractivity contribution in [1.82, 2.24) is 5.43 Å². The first-order valence-corrected chi connectivity index (χ1v) is 8.37. The summed E-state index contributed by atoms with van der Waals surface area (Å²) < 4.78 is 5.88. The highest BCUT2D eigenvalue weighted by molar-refractivity contribution is 9.12. The fourth-order valence-electron chi connectivity index (χ4n) is 1.98. The lowest BCUT2D eigenvalue weighted by atomic mass is 10.2. The summed E-state index contributed by atoms with van der Waals surface area (Å²) in [4.78, 5) is 22.2. The normalized spacial score (nSPS) is 11.4. The van der Waals surface area contributed by atoms with Gasteiger partial charge in [-0.3, -0.25) is 14.9 Å². The Morgan fingerprint density at radius 3 is 2.73 bits per heavy atom. The minimum atomic E-state index is -0.552. The number of nitrogens with one attached hydrogen (secondary N) is 1. The van der Waals surface area contributed by atoms with Crippen LogP contribution < -0.4 is 10.2 Å². The standard InChI is InChI=1S/C18H16BrN3O4/c1-13-7-8-17(16(9-13)22(24)25)26-12-18(23)21-20-11-15(19)10-14-5-3-2-4-6-14/h2-11H,12H2,1H3,(H,21,23)/b15-10-,20-11+. The molecule has 0 aliphatic carbocycles. The molecule has 1 amide bonds. The van der Waals surface area contributed by atoms with Gasteiger partial charge < -0.3 is 4.74 Å². The Morgan fingerprint density at radius 1 is 1.31 bits per heavy atom. The van der Waals surface area contributed by atoms with E-state index in [0.29, 0.717) is 4.48 Å². The Morgan fingerprint density at radius 2 is 2.04 bits per heavy atom. The van der Waals surface area contributed by atoms with Gasteiger partial charge in [0.1, 0.15) is 0 Å². The Kier molecular flexibility index (Phi) is 7.04. The molecule has 0 atom stereocenters. The molecule has 0 saturated carbocycles. The highest BCUT2D eigenvalue weighted by atomic mass is 79.9. The van der Waals surface area contributed by atoms with E-state index in [4.69, 9.17) is 4.74 Å². The number of nitrogens with zero attached hydrogens (tertiary/aromatic N) is 2. The van der Waals surface area contributed by atoms with Crippen molar-refractivity contribution in [1.29, 1.82) is 0 Å². The van der Waals surface area contributed by atoms with Crippen LogP contribution in [0.15, 0.2) is 58.1 Å². The maximum absolute atomic E-state index is 11.7. The van der Waals surface area contributed by atoms with Crippen LogP contribution in [-0.4, -0.2) is 23.7 Å². The van der Waals surface area contributed by atoms with Gasteiger partial charge in [-0.2, -0.15) is 5.10 Å². The van der Waals surface area contributed by atoms with Gasteiger partial charge in [0.2, 0.25) is 0 Å². The van der Waals surface area contributed by atoms with Crippen LogP contribution in [-0.2, 0) is 4.79 Å². The van der Waals surface area contributed by atoms with E-state index in [1.165, 1.54) is 18.3 Å². The molecule has 0 radical (unpaired) electrons. The molecule has 134 valence electrons. The highest BCUT2D eigenvalue weighted by Crippen LogP contribution is 2.27. The maximum Gasteiger partial charge on any atom is 0.311 e. The molecule has 2 rings (SSSR count). The Balaban J connectivity index is 1.88. The van der Waals surface area contributed by atoms with Crippen LogP contribution in [0.5, 0.6) is 5.75 Å². The fraction of sp³-hybridized carbons (Fsp3) is 0.111. The minimum absolute atomic E-state index is 0.0323. The molecule has 8 heteroatoms. The van der Waals surface area contributed by atoms with Gasteiger partial charge >= 0.3 is 5.69 Å². The number of nitro groups is 1. The van der Waals surface area contributed by atoms with E-state index in [2.05, 4.69) is 26.5 Å². The first kappa shape index (κ1) is 19.3. The van der Waals surface area contributed by atoms with Gasteiger partial charge in [0.05, 0.1) is 11.1 Å². The van der Waals surface area contributed by atoms with Crippen LogP contribution in [0.25, 0.3) is 6.08 Å². The lowest BCUT2D eigenvalue weighted by Gasteiger charge is -2.06. The number of hydrogen-bond donors (Lipinski definition) is 1. The summed E-state index contributed by atoms with van der Waals surface area (Å²) in [5.74, 6) is -0.499. The molecule has 0 heterocycles. The number of halogens is 1. The van der Waals surface area contributed by atoms with Gasteiger partial charge in [-0.15, -0.1) is 0 Å². The summed E-state index contributed by atoms with van der Waals surface area (Å²) in [5.41, 5.74) is 3.82. The summed E-state index contributed by atoms with van der Waals surface area (Å²) >= 11 is 3.33. The van der Waals surface area contributed by atoms with E-state index >= 15 is 0 Å². The summed E-state index contributed by atoms with van der Waals surface area (Å²) in [5, 5.41) is 14.8. The number of carbonyl (C=O) groups excluding carboxylic acids is 1. The Hall–Kier alpha value is -3.00. The first-order chi connectivity index (χ1) is 12.5. The number of hydrazone groups is 1. The molecule has 0 unspecified atom stereocenters. The van der Waals surface area contributed by atoms with Crippen molar-refractivity contribution in [3.8, 4) is 5.75 Å². The van der Waals surface area contributed by atoms with Gasteiger partial charge in [-0.1, -0.05) is 36.4 Å². The largest absolute Gasteiger partial charge is 0.477 e. The van der Waals surface area contributed by atoms with E-state index in [0.717, 1.165) is 11.1 Å². The lowest BCUT2D eigenvalue weighted by molar-refractivity contribution is -0.385. The van der Waals surface area contributed by atoms with Crippen molar-refractivity contribution in [3.05, 3.63) is 74.3 Å². The third-order valence-electron chi connectivity index (χ3n) is 3.15. The smallest absolute Gasteiger partial charge is 0.311 e. The van der Waals surface area contributed by atoms with Crippen molar-refractivity contribution >= 4 is 39.8 Å².